The maximum atomic E-state index is 12.2. The van der Waals surface area contributed by atoms with Crippen LogP contribution >= 0.6 is 34.5 Å². The van der Waals surface area contributed by atoms with E-state index in [0.29, 0.717) is 33.8 Å². The van der Waals surface area contributed by atoms with Crippen LogP contribution in [0.1, 0.15) is 12.1 Å². The van der Waals surface area contributed by atoms with Crippen molar-refractivity contribution in [2.75, 3.05) is 11.9 Å². The molecule has 1 heterocycles. The lowest BCUT2D eigenvalue weighted by atomic mass is 10.2. The highest BCUT2D eigenvalue weighted by atomic mass is 35.5. The summed E-state index contributed by atoms with van der Waals surface area (Å²) in [5.41, 5.74) is 3.19. The van der Waals surface area contributed by atoms with Gasteiger partial charge in [-0.15, -0.1) is 11.3 Å². The Bertz CT molecular complexity index is 904. The maximum absolute atomic E-state index is 12.2. The van der Waals surface area contributed by atoms with Crippen molar-refractivity contribution >= 4 is 46.1 Å². The van der Waals surface area contributed by atoms with Gasteiger partial charge in [-0.2, -0.15) is 0 Å². The number of nitrogens with one attached hydrogen (secondary N) is 1. The number of halogens is 2. The molecular weight excluding hydrogens is 407 g/mol. The molecule has 2 aromatic carbocycles. The fraction of sp³-hybridized carbons (Fsp3) is 0.158. The highest BCUT2D eigenvalue weighted by molar-refractivity contribution is 7.07. The standard InChI is InChI=1S/C19H16Cl2N2O3S/c20-14-4-3-7-17(19(14)21)25-9-8-18(24)23-15-5-1-2-6-16(15)26-10-13-11-27-12-22-13/h1-7,11-12H,8-10H2,(H,23,24). The molecule has 0 saturated heterocycles. The van der Waals surface area contributed by atoms with Crippen molar-refractivity contribution in [2.45, 2.75) is 13.0 Å². The van der Waals surface area contributed by atoms with Crippen LogP contribution < -0.4 is 14.8 Å². The number of thiazole rings is 1. The number of para-hydroxylation sites is 2. The van der Waals surface area contributed by atoms with Gasteiger partial charge in [0.15, 0.2) is 0 Å². The molecule has 0 unspecified atom stereocenters. The Hall–Kier alpha value is -2.28. The number of hydrogen-bond donors (Lipinski definition) is 1. The van der Waals surface area contributed by atoms with Crippen LogP contribution in [0.3, 0.4) is 0 Å². The summed E-state index contributed by atoms with van der Waals surface area (Å²) in [5.74, 6) is 0.833. The van der Waals surface area contributed by atoms with Gasteiger partial charge in [-0.3, -0.25) is 4.79 Å². The summed E-state index contributed by atoms with van der Waals surface area (Å²) in [7, 11) is 0. The summed E-state index contributed by atoms with van der Waals surface area (Å²) in [6.07, 6.45) is 0.156. The Morgan fingerprint density at radius 1 is 1.07 bits per heavy atom. The van der Waals surface area contributed by atoms with Crippen LogP contribution in [0.5, 0.6) is 11.5 Å². The molecule has 0 bridgehead atoms. The van der Waals surface area contributed by atoms with Crippen LogP contribution in [0.2, 0.25) is 10.0 Å². The minimum absolute atomic E-state index is 0.156. The first-order chi connectivity index (χ1) is 13.1. The van der Waals surface area contributed by atoms with E-state index in [1.165, 1.54) is 11.3 Å². The molecule has 0 aliphatic rings. The number of hydrogen-bond acceptors (Lipinski definition) is 5. The molecule has 5 nitrogen and oxygen atoms in total. The Morgan fingerprint density at radius 3 is 2.70 bits per heavy atom. The first kappa shape index (κ1) is 19.5. The molecule has 0 spiro atoms. The van der Waals surface area contributed by atoms with E-state index < -0.39 is 0 Å². The first-order valence-electron chi connectivity index (χ1n) is 8.09. The lowest BCUT2D eigenvalue weighted by Gasteiger charge is -2.12. The predicted molar refractivity (Wildman–Crippen MR) is 108 cm³/mol. The minimum Gasteiger partial charge on any atom is -0.491 e. The van der Waals surface area contributed by atoms with Crippen molar-refractivity contribution in [2.24, 2.45) is 0 Å². The molecule has 1 N–H and O–H groups in total. The summed E-state index contributed by atoms with van der Waals surface area (Å²) >= 11 is 13.5. The lowest BCUT2D eigenvalue weighted by Crippen LogP contribution is -2.16. The number of ether oxygens (including phenoxy) is 2. The Kier molecular flexibility index (Phi) is 6.92. The highest BCUT2D eigenvalue weighted by Gasteiger charge is 2.10. The van der Waals surface area contributed by atoms with Gasteiger partial charge in [-0.1, -0.05) is 41.4 Å². The van der Waals surface area contributed by atoms with Crippen LogP contribution in [0, 0.1) is 0 Å². The molecule has 8 heteroatoms. The highest BCUT2D eigenvalue weighted by Crippen LogP contribution is 2.31. The van der Waals surface area contributed by atoms with Crippen LogP contribution in [0.4, 0.5) is 5.69 Å². The minimum atomic E-state index is -0.196. The van der Waals surface area contributed by atoms with E-state index in [4.69, 9.17) is 32.7 Å². The van der Waals surface area contributed by atoms with Crippen molar-refractivity contribution < 1.29 is 14.3 Å². The molecule has 0 aliphatic heterocycles. The van der Waals surface area contributed by atoms with Gasteiger partial charge in [0.05, 0.1) is 34.9 Å². The largest absolute Gasteiger partial charge is 0.491 e. The second-order valence-electron chi connectivity index (χ2n) is 5.46. The van der Waals surface area contributed by atoms with E-state index in [-0.39, 0.29) is 18.9 Å². The number of rotatable bonds is 8. The summed E-state index contributed by atoms with van der Waals surface area (Å²) in [6.45, 7) is 0.514. The predicted octanol–water partition coefficient (Wildman–Crippen LogP) is 5.44. The number of aromatic nitrogens is 1. The Balaban J connectivity index is 1.52. The third-order valence-electron chi connectivity index (χ3n) is 3.52. The molecule has 0 atom stereocenters. The Labute approximate surface area is 170 Å². The van der Waals surface area contributed by atoms with Crippen molar-refractivity contribution in [3.05, 3.63) is 69.1 Å². The third kappa shape index (κ3) is 5.60. The van der Waals surface area contributed by atoms with Crippen LogP contribution in [-0.4, -0.2) is 17.5 Å². The molecule has 1 aromatic heterocycles. The van der Waals surface area contributed by atoms with E-state index in [1.54, 1.807) is 35.8 Å². The number of benzene rings is 2. The lowest BCUT2D eigenvalue weighted by molar-refractivity contribution is -0.116. The average molecular weight is 423 g/mol. The zero-order chi connectivity index (χ0) is 19.1. The maximum Gasteiger partial charge on any atom is 0.227 e. The monoisotopic (exact) mass is 422 g/mol. The van der Waals surface area contributed by atoms with Gasteiger partial charge in [0.2, 0.25) is 5.91 Å². The van der Waals surface area contributed by atoms with Crippen molar-refractivity contribution in [3.8, 4) is 11.5 Å². The van der Waals surface area contributed by atoms with Crippen molar-refractivity contribution in [1.29, 1.82) is 0 Å². The van der Waals surface area contributed by atoms with Gasteiger partial charge in [0.25, 0.3) is 0 Å². The third-order valence-corrected chi connectivity index (χ3v) is 4.96. The first-order valence-corrected chi connectivity index (χ1v) is 9.79. The summed E-state index contributed by atoms with van der Waals surface area (Å²) in [4.78, 5) is 16.4. The van der Waals surface area contributed by atoms with Crippen LogP contribution in [0.15, 0.2) is 53.4 Å². The summed E-state index contributed by atoms with van der Waals surface area (Å²) in [6, 6.07) is 12.4. The molecule has 0 aliphatic carbocycles. The second kappa shape index (κ2) is 9.60. The second-order valence-corrected chi connectivity index (χ2v) is 6.97. The number of carbonyl (C=O) groups excluding carboxylic acids is 1. The van der Waals surface area contributed by atoms with Gasteiger partial charge in [0.1, 0.15) is 23.1 Å². The van der Waals surface area contributed by atoms with Crippen molar-refractivity contribution in [3.63, 3.8) is 0 Å². The molecule has 0 saturated carbocycles. The van der Waals surface area contributed by atoms with E-state index in [9.17, 15) is 4.79 Å². The summed E-state index contributed by atoms with van der Waals surface area (Å²) < 4.78 is 11.3. The molecule has 27 heavy (non-hydrogen) atoms. The van der Waals surface area contributed by atoms with Gasteiger partial charge >= 0.3 is 0 Å². The van der Waals surface area contributed by atoms with Gasteiger partial charge in [0, 0.05) is 5.38 Å². The molecule has 0 fully saturated rings. The fourth-order valence-electron chi connectivity index (χ4n) is 2.22. The number of carbonyl (C=O) groups is 1. The molecule has 3 aromatic rings. The van der Waals surface area contributed by atoms with Gasteiger partial charge in [-0.25, -0.2) is 4.98 Å². The average Bonchev–Trinajstić information content (AvgIpc) is 3.18. The van der Waals surface area contributed by atoms with Crippen LogP contribution in [-0.2, 0) is 11.4 Å². The SMILES string of the molecule is O=C(CCOc1cccc(Cl)c1Cl)Nc1ccccc1OCc1cscn1. The van der Waals surface area contributed by atoms with E-state index in [0.717, 1.165) is 5.69 Å². The van der Waals surface area contributed by atoms with Crippen molar-refractivity contribution in [1.82, 2.24) is 4.98 Å². The molecular formula is C19H16Cl2N2O3S. The zero-order valence-electron chi connectivity index (χ0n) is 14.2. The molecule has 1 amide bonds. The normalized spacial score (nSPS) is 10.4. The van der Waals surface area contributed by atoms with E-state index in [1.807, 2.05) is 17.5 Å². The Morgan fingerprint density at radius 2 is 1.89 bits per heavy atom. The van der Waals surface area contributed by atoms with E-state index in [2.05, 4.69) is 10.3 Å². The zero-order valence-corrected chi connectivity index (χ0v) is 16.5. The van der Waals surface area contributed by atoms with E-state index >= 15 is 0 Å². The molecule has 3 rings (SSSR count). The smallest absolute Gasteiger partial charge is 0.227 e. The van der Waals surface area contributed by atoms with Gasteiger partial charge in [-0.05, 0) is 24.3 Å². The topological polar surface area (TPSA) is 60.5 Å². The molecule has 140 valence electrons. The quantitative estimate of drug-likeness (QED) is 0.525. The van der Waals surface area contributed by atoms with Crippen LogP contribution in [0.25, 0.3) is 0 Å². The summed E-state index contributed by atoms with van der Waals surface area (Å²) in [5, 5.41) is 5.49. The fourth-order valence-corrected chi connectivity index (χ4v) is 3.11. The number of amides is 1. The molecule has 0 radical (unpaired) electrons. The number of anilines is 1. The van der Waals surface area contributed by atoms with Gasteiger partial charge < -0.3 is 14.8 Å². The number of nitrogens with zero attached hydrogens (tertiary/aromatic N) is 1.